The van der Waals surface area contributed by atoms with E-state index in [4.69, 9.17) is 18.4 Å². The van der Waals surface area contributed by atoms with Gasteiger partial charge in [-0.05, 0) is 64.8 Å². The molecule has 2 saturated carbocycles. The van der Waals surface area contributed by atoms with Crippen molar-refractivity contribution >= 4 is 29.1 Å². The highest BCUT2D eigenvalue weighted by molar-refractivity contribution is 7.80. The molecule has 0 radical (unpaired) electrons. The van der Waals surface area contributed by atoms with E-state index in [1.54, 1.807) is 57.2 Å². The fraction of sp³-hybridized carbons (Fsp3) is 0.400. The minimum absolute atomic E-state index is 0.00369. The highest BCUT2D eigenvalue weighted by atomic mass is 32.2. The third-order valence-corrected chi connectivity index (χ3v) is 9.48. The molecule has 1 N–H and O–H groups in total. The summed E-state index contributed by atoms with van der Waals surface area (Å²) in [5.41, 5.74) is -3.04. The number of carbonyl (C=O) groups is 3. The van der Waals surface area contributed by atoms with E-state index in [0.717, 1.165) is 5.56 Å². The monoisotopic (exact) mass is 669 g/mol. The molecule has 0 aromatic heterocycles. The largest absolute Gasteiger partial charge is 0.460 e. The summed E-state index contributed by atoms with van der Waals surface area (Å²) in [5, 5.41) is 2.67. The van der Waals surface area contributed by atoms with Crippen molar-refractivity contribution in [1.82, 2.24) is 5.32 Å². The van der Waals surface area contributed by atoms with E-state index in [2.05, 4.69) is 5.32 Å². The van der Waals surface area contributed by atoms with E-state index in [0.29, 0.717) is 4.90 Å². The second-order valence-electron chi connectivity index (χ2n) is 13.0. The molecule has 0 aliphatic heterocycles. The molecule has 5 atom stereocenters. The topological polar surface area (TPSA) is 117 Å². The lowest BCUT2D eigenvalue weighted by atomic mass is 9.74. The van der Waals surface area contributed by atoms with Gasteiger partial charge < -0.3 is 19.5 Å². The molecule has 2 fully saturated rings. The zero-order chi connectivity index (χ0) is 34.0. The van der Waals surface area contributed by atoms with E-state index in [1.165, 1.54) is 36.4 Å². The SMILES string of the molecule is Cc1ccc(S(=O)O[C@@H]2C[C@]3(C(=O)OCc4ccccc4F)C[C@@H]3[C@](NC(=O)OC(C)(C)C)(C(=O)OCc3ccccc3F)C2)cc1. The minimum atomic E-state index is -2.01. The number of nitrogens with one attached hydrogen (secondary N) is 1. The first-order valence-corrected chi connectivity index (χ1v) is 16.3. The number of amides is 1. The van der Waals surface area contributed by atoms with E-state index in [1.807, 2.05) is 6.92 Å². The fourth-order valence-corrected chi connectivity index (χ4v) is 6.91. The Morgan fingerprint density at radius 1 is 0.830 bits per heavy atom. The Hall–Kier alpha value is -4.16. The number of esters is 2. The van der Waals surface area contributed by atoms with Crippen LogP contribution in [0.3, 0.4) is 0 Å². The third kappa shape index (κ3) is 7.70. The van der Waals surface area contributed by atoms with Gasteiger partial charge in [-0.15, -0.1) is 0 Å². The Bertz CT molecular complexity index is 1680. The molecule has 0 bridgehead atoms. The molecular formula is C35H37F2NO8S. The van der Waals surface area contributed by atoms with Crippen molar-refractivity contribution in [2.24, 2.45) is 11.3 Å². The van der Waals surface area contributed by atoms with E-state index in [9.17, 15) is 27.4 Å². The molecule has 0 heterocycles. The Morgan fingerprint density at radius 3 is 1.94 bits per heavy atom. The zero-order valence-corrected chi connectivity index (χ0v) is 27.4. The molecular weight excluding hydrogens is 632 g/mol. The first kappa shape index (κ1) is 34.2. The molecule has 3 aromatic carbocycles. The van der Waals surface area contributed by atoms with Crippen molar-refractivity contribution in [1.29, 1.82) is 0 Å². The number of carbonyl (C=O) groups excluding carboxylic acids is 3. The Balaban J connectivity index is 1.48. The van der Waals surface area contributed by atoms with Crippen molar-refractivity contribution < 1.29 is 45.8 Å². The fourth-order valence-electron chi connectivity index (χ4n) is 6.05. The van der Waals surface area contributed by atoms with Crippen LogP contribution in [0.25, 0.3) is 0 Å². The summed E-state index contributed by atoms with van der Waals surface area (Å²) in [6.45, 7) is 5.99. The van der Waals surface area contributed by atoms with Crippen LogP contribution in [0, 0.1) is 29.9 Å². The average molecular weight is 670 g/mol. The van der Waals surface area contributed by atoms with Crippen molar-refractivity contribution in [3.63, 3.8) is 0 Å². The van der Waals surface area contributed by atoms with Gasteiger partial charge in [0.05, 0.1) is 16.4 Å². The minimum Gasteiger partial charge on any atom is -0.460 e. The van der Waals surface area contributed by atoms with E-state index < -0.39 is 75.9 Å². The first-order chi connectivity index (χ1) is 22.2. The number of benzene rings is 3. The normalized spacial score (nSPS) is 24.0. The van der Waals surface area contributed by atoms with Crippen LogP contribution in [-0.2, 0) is 52.3 Å². The second kappa shape index (κ2) is 13.5. The lowest BCUT2D eigenvalue weighted by Gasteiger charge is -2.41. The summed E-state index contributed by atoms with van der Waals surface area (Å²) in [7, 11) is 0. The van der Waals surface area contributed by atoms with Gasteiger partial charge in [0.15, 0.2) is 11.1 Å². The first-order valence-electron chi connectivity index (χ1n) is 15.2. The third-order valence-electron chi connectivity index (χ3n) is 8.38. The molecule has 12 heteroatoms. The van der Waals surface area contributed by atoms with Crippen LogP contribution in [0.5, 0.6) is 0 Å². The number of hydrogen-bond donors (Lipinski definition) is 1. The molecule has 2 aliphatic rings. The van der Waals surface area contributed by atoms with Crippen molar-refractivity contribution in [2.45, 2.75) is 82.3 Å². The standard InChI is InChI=1S/C35H37F2NO8S/c1-22-13-15-26(16-14-22)47(42)46-25-17-34(30(39)43-20-23-9-5-7-11-27(23)36)19-29(34)35(18-25,38-32(41)45-33(2,3)4)31(40)44-21-24-10-6-8-12-28(24)37/h5-16,25,29H,17-21H2,1-4H3,(H,38,41)/t25-,29+,34+,35+,47?/m1/s1. The van der Waals surface area contributed by atoms with Gasteiger partial charge in [-0.25, -0.2) is 22.6 Å². The Labute approximate surface area is 274 Å². The van der Waals surface area contributed by atoms with Crippen LogP contribution in [-0.4, -0.2) is 39.5 Å². The molecule has 250 valence electrons. The number of halogens is 2. The molecule has 9 nitrogen and oxygen atoms in total. The average Bonchev–Trinajstić information content (AvgIpc) is 3.76. The van der Waals surface area contributed by atoms with Gasteiger partial charge in [-0.3, -0.25) is 8.98 Å². The zero-order valence-electron chi connectivity index (χ0n) is 26.5. The van der Waals surface area contributed by atoms with E-state index >= 15 is 0 Å². The van der Waals surface area contributed by atoms with Gasteiger partial charge in [0.2, 0.25) is 0 Å². The number of ether oxygens (including phenoxy) is 3. The van der Waals surface area contributed by atoms with Crippen LogP contribution in [0.2, 0.25) is 0 Å². The number of alkyl carbamates (subject to hydrolysis) is 1. The molecule has 1 unspecified atom stereocenters. The molecule has 0 saturated heterocycles. The van der Waals surface area contributed by atoms with Crippen molar-refractivity contribution in [2.75, 3.05) is 0 Å². The smallest absolute Gasteiger partial charge is 0.408 e. The lowest BCUT2D eigenvalue weighted by Crippen LogP contribution is -2.63. The van der Waals surface area contributed by atoms with Crippen LogP contribution in [0.15, 0.2) is 77.7 Å². The number of fused-ring (bicyclic) bond motifs is 1. The maximum atomic E-state index is 14.4. The summed E-state index contributed by atoms with van der Waals surface area (Å²) >= 11 is -2.01. The lowest BCUT2D eigenvalue weighted by molar-refractivity contribution is -0.163. The number of hydrogen-bond acceptors (Lipinski definition) is 8. The molecule has 47 heavy (non-hydrogen) atoms. The van der Waals surface area contributed by atoms with Crippen molar-refractivity contribution in [3.8, 4) is 0 Å². The van der Waals surface area contributed by atoms with Gasteiger partial charge in [-0.2, -0.15) is 0 Å². The van der Waals surface area contributed by atoms with Crippen LogP contribution < -0.4 is 5.32 Å². The predicted molar refractivity (Wildman–Crippen MR) is 167 cm³/mol. The maximum absolute atomic E-state index is 14.4. The van der Waals surface area contributed by atoms with Gasteiger partial charge in [0.25, 0.3) is 0 Å². The summed E-state index contributed by atoms with van der Waals surface area (Å²) < 4.78 is 64.9. The number of aryl methyl sites for hydroxylation is 1. The highest BCUT2D eigenvalue weighted by Crippen LogP contribution is 2.66. The van der Waals surface area contributed by atoms with Crippen LogP contribution in [0.4, 0.5) is 13.6 Å². The van der Waals surface area contributed by atoms with Crippen LogP contribution >= 0.6 is 0 Å². The number of rotatable bonds is 10. The highest BCUT2D eigenvalue weighted by Gasteiger charge is 2.75. The van der Waals surface area contributed by atoms with Crippen molar-refractivity contribution in [3.05, 3.63) is 101 Å². The van der Waals surface area contributed by atoms with Gasteiger partial charge >= 0.3 is 18.0 Å². The molecule has 5 rings (SSSR count). The van der Waals surface area contributed by atoms with E-state index in [-0.39, 0.29) is 37.0 Å². The van der Waals surface area contributed by atoms with Gasteiger partial charge in [0.1, 0.15) is 36.0 Å². The summed E-state index contributed by atoms with van der Waals surface area (Å²) in [4.78, 5) is 41.6. The molecule has 3 aromatic rings. The summed E-state index contributed by atoms with van der Waals surface area (Å²) in [6.07, 6.45) is -2.13. The quantitative estimate of drug-likeness (QED) is 0.200. The van der Waals surface area contributed by atoms with Crippen LogP contribution in [0.1, 0.15) is 56.7 Å². The summed E-state index contributed by atoms with van der Waals surface area (Å²) in [6, 6.07) is 18.4. The predicted octanol–water partition coefficient (Wildman–Crippen LogP) is 6.23. The molecule has 2 aliphatic carbocycles. The molecule has 1 amide bonds. The molecule has 0 spiro atoms. The summed E-state index contributed by atoms with van der Waals surface area (Å²) in [5.74, 6) is -3.69. The Kier molecular flexibility index (Phi) is 9.83. The maximum Gasteiger partial charge on any atom is 0.408 e. The van der Waals surface area contributed by atoms with Gasteiger partial charge in [0, 0.05) is 23.5 Å². The Morgan fingerprint density at radius 2 is 1.38 bits per heavy atom. The van der Waals surface area contributed by atoms with Gasteiger partial charge in [-0.1, -0.05) is 54.1 Å². The second-order valence-corrected chi connectivity index (χ2v) is 14.2.